The zero-order valence-electron chi connectivity index (χ0n) is 13.2. The second-order valence-corrected chi connectivity index (χ2v) is 7.15. The van der Waals surface area contributed by atoms with Crippen molar-refractivity contribution < 1.29 is 9.90 Å². The molecule has 1 aromatic carbocycles. The Morgan fingerprint density at radius 1 is 1.24 bits per heavy atom. The van der Waals surface area contributed by atoms with Gasteiger partial charge in [-0.15, -0.1) is 0 Å². The van der Waals surface area contributed by atoms with Crippen molar-refractivity contribution in [1.82, 2.24) is 4.90 Å². The lowest BCUT2D eigenvalue weighted by Crippen LogP contribution is -2.69. The number of hydrogen-bond acceptors (Lipinski definition) is 2. The molecule has 5 heteroatoms. The minimum Gasteiger partial charge on any atom is -0.371 e. The predicted octanol–water partition coefficient (Wildman–Crippen LogP) is 3.87. The summed E-state index contributed by atoms with van der Waals surface area (Å²) in [6.07, 6.45) is 0.440. The molecule has 2 amide bonds. The Labute approximate surface area is 131 Å². The van der Waals surface area contributed by atoms with Crippen LogP contribution in [0.5, 0.6) is 0 Å². The van der Waals surface area contributed by atoms with Crippen molar-refractivity contribution in [3.05, 3.63) is 29.3 Å². The first-order chi connectivity index (χ1) is 9.58. The fourth-order valence-electron chi connectivity index (χ4n) is 3.47. The van der Waals surface area contributed by atoms with E-state index in [2.05, 4.69) is 0 Å². The number of carbonyl (C=O) groups is 1. The number of hydrogen-bond donors (Lipinski definition) is 1. The molecule has 21 heavy (non-hydrogen) atoms. The number of halogens is 1. The van der Waals surface area contributed by atoms with Gasteiger partial charge in [-0.3, -0.25) is 4.90 Å². The molecule has 1 saturated heterocycles. The molecule has 1 aromatic rings. The predicted molar refractivity (Wildman–Crippen MR) is 85.6 cm³/mol. The standard InChI is InChI=1S/C16H23ClN2O2/c1-11(2)18-14(20)19(13-9-7-6-8-12(13)17)16(5,21)10-15(18,3)4/h6-9,11,21H,10H2,1-5H3. The molecule has 0 spiro atoms. The van der Waals surface area contributed by atoms with E-state index in [1.165, 1.54) is 4.90 Å². The van der Waals surface area contributed by atoms with E-state index in [1.807, 2.05) is 33.8 Å². The third kappa shape index (κ3) is 2.74. The summed E-state index contributed by atoms with van der Waals surface area (Å²) in [5.74, 6) is 0. The molecule has 0 aliphatic carbocycles. The van der Waals surface area contributed by atoms with Crippen molar-refractivity contribution in [2.45, 2.75) is 58.3 Å². The molecule has 1 aliphatic heterocycles. The largest absolute Gasteiger partial charge is 0.371 e. The first-order valence-electron chi connectivity index (χ1n) is 7.18. The highest BCUT2D eigenvalue weighted by atomic mass is 35.5. The summed E-state index contributed by atoms with van der Waals surface area (Å²) in [5, 5.41) is 11.3. The van der Waals surface area contributed by atoms with Gasteiger partial charge in [0.1, 0.15) is 5.72 Å². The molecule has 2 rings (SSSR count). The van der Waals surface area contributed by atoms with Crippen molar-refractivity contribution in [3.8, 4) is 0 Å². The summed E-state index contributed by atoms with van der Waals surface area (Å²) in [6, 6.07) is 6.90. The van der Waals surface area contributed by atoms with E-state index in [0.29, 0.717) is 17.1 Å². The van der Waals surface area contributed by atoms with Crippen LogP contribution in [-0.4, -0.2) is 33.3 Å². The lowest BCUT2D eigenvalue weighted by Gasteiger charge is -2.55. The fraction of sp³-hybridized carbons (Fsp3) is 0.562. The number of carbonyl (C=O) groups excluding carboxylic acids is 1. The number of benzene rings is 1. The van der Waals surface area contributed by atoms with E-state index in [-0.39, 0.29) is 12.1 Å². The number of nitrogens with zero attached hydrogens (tertiary/aromatic N) is 2. The topological polar surface area (TPSA) is 43.8 Å². The molecule has 0 aromatic heterocycles. The van der Waals surface area contributed by atoms with Gasteiger partial charge in [0.25, 0.3) is 0 Å². The van der Waals surface area contributed by atoms with E-state index in [4.69, 9.17) is 11.6 Å². The first-order valence-corrected chi connectivity index (χ1v) is 7.56. The van der Waals surface area contributed by atoms with Crippen molar-refractivity contribution in [2.24, 2.45) is 0 Å². The zero-order valence-corrected chi connectivity index (χ0v) is 14.0. The SMILES string of the molecule is CC(C)N1C(=O)N(c2ccccc2Cl)C(C)(O)CC1(C)C. The third-order valence-electron chi connectivity index (χ3n) is 3.91. The highest BCUT2D eigenvalue weighted by molar-refractivity contribution is 6.33. The van der Waals surface area contributed by atoms with Crippen LogP contribution in [0.2, 0.25) is 5.02 Å². The van der Waals surface area contributed by atoms with Crippen molar-refractivity contribution in [2.75, 3.05) is 4.90 Å². The van der Waals surface area contributed by atoms with Crippen LogP contribution >= 0.6 is 11.6 Å². The van der Waals surface area contributed by atoms with Gasteiger partial charge in [0.2, 0.25) is 0 Å². The molecule has 0 bridgehead atoms. The summed E-state index contributed by atoms with van der Waals surface area (Å²) < 4.78 is 0. The van der Waals surface area contributed by atoms with E-state index < -0.39 is 11.3 Å². The van der Waals surface area contributed by atoms with Gasteiger partial charge in [-0.25, -0.2) is 4.79 Å². The van der Waals surface area contributed by atoms with Gasteiger partial charge in [0, 0.05) is 18.0 Å². The molecule has 1 N–H and O–H groups in total. The number of aliphatic hydroxyl groups is 1. The van der Waals surface area contributed by atoms with Crippen LogP contribution in [0.1, 0.15) is 41.0 Å². The summed E-state index contributed by atoms with van der Waals surface area (Å²) in [7, 11) is 0. The molecule has 1 unspecified atom stereocenters. The minimum absolute atomic E-state index is 0.0357. The van der Waals surface area contributed by atoms with Crippen LogP contribution in [0, 0.1) is 0 Å². The monoisotopic (exact) mass is 310 g/mol. The van der Waals surface area contributed by atoms with E-state index in [1.54, 1.807) is 30.0 Å². The van der Waals surface area contributed by atoms with Crippen LogP contribution in [-0.2, 0) is 0 Å². The van der Waals surface area contributed by atoms with Crippen LogP contribution in [0.15, 0.2) is 24.3 Å². The second kappa shape index (κ2) is 5.18. The smallest absolute Gasteiger partial charge is 0.327 e. The van der Waals surface area contributed by atoms with Gasteiger partial charge in [0.15, 0.2) is 0 Å². The van der Waals surface area contributed by atoms with Crippen LogP contribution in [0.25, 0.3) is 0 Å². The molecule has 4 nitrogen and oxygen atoms in total. The maximum atomic E-state index is 13.0. The van der Waals surface area contributed by atoms with Crippen molar-refractivity contribution in [1.29, 1.82) is 0 Å². The average molecular weight is 311 g/mol. The molecule has 116 valence electrons. The average Bonchev–Trinajstić information content (AvgIpc) is 2.27. The molecule has 0 saturated carbocycles. The molecule has 1 heterocycles. The number of para-hydroxylation sites is 1. The van der Waals surface area contributed by atoms with Gasteiger partial charge in [-0.05, 0) is 46.8 Å². The highest BCUT2D eigenvalue weighted by Crippen LogP contribution is 2.41. The number of rotatable bonds is 2. The third-order valence-corrected chi connectivity index (χ3v) is 4.23. The van der Waals surface area contributed by atoms with Crippen molar-refractivity contribution in [3.63, 3.8) is 0 Å². The maximum Gasteiger partial charge on any atom is 0.327 e. The number of amides is 2. The Kier molecular flexibility index (Phi) is 3.98. The second-order valence-electron chi connectivity index (χ2n) is 6.74. The Morgan fingerprint density at radius 2 is 1.81 bits per heavy atom. The van der Waals surface area contributed by atoms with Gasteiger partial charge in [-0.2, -0.15) is 0 Å². The quantitative estimate of drug-likeness (QED) is 0.901. The number of urea groups is 1. The Bertz CT molecular complexity index is 555. The van der Waals surface area contributed by atoms with E-state index >= 15 is 0 Å². The first kappa shape index (κ1) is 16.1. The molecule has 1 atom stereocenters. The lowest BCUT2D eigenvalue weighted by atomic mass is 9.86. The van der Waals surface area contributed by atoms with Gasteiger partial charge >= 0.3 is 6.03 Å². The van der Waals surface area contributed by atoms with Crippen LogP contribution in [0.4, 0.5) is 10.5 Å². The Hall–Kier alpha value is -1.26. The highest BCUT2D eigenvalue weighted by Gasteiger charge is 2.51. The molecule has 0 radical (unpaired) electrons. The molecule has 1 aliphatic rings. The Balaban J connectivity index is 2.55. The summed E-state index contributed by atoms with van der Waals surface area (Å²) >= 11 is 6.23. The zero-order chi connectivity index (χ0) is 16.0. The van der Waals surface area contributed by atoms with E-state index in [0.717, 1.165) is 0 Å². The minimum atomic E-state index is -1.28. The fourth-order valence-corrected chi connectivity index (χ4v) is 3.69. The summed E-state index contributed by atoms with van der Waals surface area (Å²) in [6.45, 7) is 9.56. The normalized spacial score (nSPS) is 25.6. The summed E-state index contributed by atoms with van der Waals surface area (Å²) in [5.41, 5.74) is -1.17. The van der Waals surface area contributed by atoms with Gasteiger partial charge in [-0.1, -0.05) is 23.7 Å². The van der Waals surface area contributed by atoms with Gasteiger partial charge < -0.3 is 10.0 Å². The van der Waals surface area contributed by atoms with Crippen molar-refractivity contribution >= 4 is 23.3 Å². The maximum absolute atomic E-state index is 13.0. The molecular weight excluding hydrogens is 288 g/mol. The van der Waals surface area contributed by atoms with Gasteiger partial charge in [0.05, 0.1) is 10.7 Å². The molecular formula is C16H23ClN2O2. The lowest BCUT2D eigenvalue weighted by molar-refractivity contribution is -0.0334. The Morgan fingerprint density at radius 3 is 2.33 bits per heavy atom. The van der Waals surface area contributed by atoms with Crippen LogP contribution < -0.4 is 4.90 Å². The molecule has 1 fully saturated rings. The van der Waals surface area contributed by atoms with E-state index in [9.17, 15) is 9.90 Å². The van der Waals surface area contributed by atoms with Crippen LogP contribution in [0.3, 0.4) is 0 Å². The number of anilines is 1. The summed E-state index contributed by atoms with van der Waals surface area (Å²) in [4.78, 5) is 16.2.